The van der Waals surface area contributed by atoms with E-state index in [1.165, 1.54) is 18.5 Å². The Morgan fingerprint density at radius 3 is 2.43 bits per heavy atom. The van der Waals surface area contributed by atoms with Crippen molar-refractivity contribution in [3.05, 3.63) is 108 Å². The van der Waals surface area contributed by atoms with Gasteiger partial charge in [0, 0.05) is 24.2 Å². The molecule has 0 aliphatic carbocycles. The number of piperidine rings is 1. The van der Waals surface area contributed by atoms with E-state index in [2.05, 4.69) is 15.3 Å². The van der Waals surface area contributed by atoms with Gasteiger partial charge in [0.05, 0.1) is 15.4 Å². The lowest BCUT2D eigenvalue weighted by atomic mass is 10.0. The Morgan fingerprint density at radius 1 is 0.881 bits per heavy atom. The number of halogens is 2. The number of hydrogen-bond acceptors (Lipinski definition) is 6. The van der Waals surface area contributed by atoms with E-state index in [1.807, 2.05) is 36.4 Å². The van der Waals surface area contributed by atoms with Crippen molar-refractivity contribution in [3.63, 3.8) is 0 Å². The van der Waals surface area contributed by atoms with Crippen LogP contribution in [0.1, 0.15) is 24.8 Å². The minimum absolute atomic E-state index is 0.189. The first kappa shape index (κ1) is 28.1. The number of hydrogen-bond donors (Lipinski definition) is 1. The number of nitrogens with zero attached hydrogens (tertiary/aromatic N) is 3. The van der Waals surface area contributed by atoms with Gasteiger partial charge in [0.15, 0.2) is 0 Å². The van der Waals surface area contributed by atoms with Crippen molar-refractivity contribution in [2.24, 2.45) is 0 Å². The van der Waals surface area contributed by atoms with Crippen LogP contribution in [0.25, 0.3) is 22.0 Å². The molecule has 0 bridgehead atoms. The second-order valence-corrected chi connectivity index (χ2v) is 12.5. The minimum atomic E-state index is -3.49. The topological polar surface area (TPSA) is 84.4 Å². The van der Waals surface area contributed by atoms with Gasteiger partial charge in [-0.3, -0.25) is 0 Å². The van der Waals surface area contributed by atoms with Crippen LogP contribution in [0.4, 0.5) is 15.9 Å². The molecule has 1 aliphatic heterocycles. The molecule has 5 aromatic rings. The van der Waals surface area contributed by atoms with Crippen LogP contribution in [0.15, 0.2) is 96.2 Å². The molecule has 0 saturated carbocycles. The summed E-state index contributed by atoms with van der Waals surface area (Å²) in [5.74, 6) is 0.752. The lowest BCUT2D eigenvalue weighted by molar-refractivity contribution is 0.306. The van der Waals surface area contributed by atoms with E-state index < -0.39 is 10.0 Å². The van der Waals surface area contributed by atoms with Gasteiger partial charge in [0.1, 0.15) is 30.3 Å². The molecule has 4 aromatic carbocycles. The molecule has 0 amide bonds. The minimum Gasteiger partial charge on any atom is -0.487 e. The van der Waals surface area contributed by atoms with Gasteiger partial charge in [-0.2, -0.15) is 4.31 Å². The third-order valence-corrected chi connectivity index (χ3v) is 9.46. The number of sulfonamides is 1. The molecule has 214 valence electrons. The number of benzene rings is 4. The molecule has 0 atom stereocenters. The van der Waals surface area contributed by atoms with Gasteiger partial charge in [-0.1, -0.05) is 48.4 Å². The summed E-state index contributed by atoms with van der Waals surface area (Å²) in [5, 5.41) is 4.51. The van der Waals surface area contributed by atoms with Crippen molar-refractivity contribution in [1.29, 1.82) is 0 Å². The van der Waals surface area contributed by atoms with Gasteiger partial charge in [0.25, 0.3) is 0 Å². The number of anilines is 2. The van der Waals surface area contributed by atoms with Crippen molar-refractivity contribution in [2.75, 3.05) is 18.4 Å². The predicted molar refractivity (Wildman–Crippen MR) is 163 cm³/mol. The molecule has 42 heavy (non-hydrogen) atoms. The number of ether oxygens (including phenoxy) is 1. The average molecular weight is 603 g/mol. The summed E-state index contributed by atoms with van der Waals surface area (Å²) in [7, 11) is -3.49. The zero-order valence-electron chi connectivity index (χ0n) is 22.6. The van der Waals surface area contributed by atoms with E-state index in [9.17, 15) is 12.8 Å². The van der Waals surface area contributed by atoms with Gasteiger partial charge >= 0.3 is 0 Å². The number of nitrogens with one attached hydrogen (secondary N) is 1. The van der Waals surface area contributed by atoms with Crippen LogP contribution < -0.4 is 10.1 Å². The van der Waals surface area contributed by atoms with E-state index in [-0.39, 0.29) is 12.4 Å². The molecule has 1 aromatic heterocycles. The summed E-state index contributed by atoms with van der Waals surface area (Å²) in [5.41, 5.74) is 3.95. The van der Waals surface area contributed by atoms with Crippen molar-refractivity contribution in [3.8, 4) is 16.9 Å². The zero-order valence-corrected chi connectivity index (χ0v) is 24.2. The number of fused-ring (bicyclic) bond motifs is 1. The molecular formula is C32H28ClFN4O3S. The van der Waals surface area contributed by atoms with Crippen LogP contribution in [-0.2, 0) is 16.6 Å². The Balaban J connectivity index is 1.21. The van der Waals surface area contributed by atoms with E-state index in [0.717, 1.165) is 41.3 Å². The molecule has 7 nitrogen and oxygen atoms in total. The van der Waals surface area contributed by atoms with Crippen LogP contribution in [0.5, 0.6) is 5.75 Å². The van der Waals surface area contributed by atoms with Gasteiger partial charge < -0.3 is 10.1 Å². The maximum absolute atomic E-state index is 13.5. The first-order valence-corrected chi connectivity index (χ1v) is 15.5. The van der Waals surface area contributed by atoms with E-state index in [1.54, 1.807) is 40.7 Å². The first-order valence-electron chi connectivity index (χ1n) is 13.7. The Hall–Kier alpha value is -4.05. The molecular weight excluding hydrogens is 575 g/mol. The lowest BCUT2D eigenvalue weighted by Gasteiger charge is -2.25. The summed E-state index contributed by atoms with van der Waals surface area (Å²) in [6, 6.07) is 24.4. The molecule has 1 aliphatic rings. The molecule has 1 fully saturated rings. The van der Waals surface area contributed by atoms with Crippen molar-refractivity contribution < 1.29 is 17.5 Å². The average Bonchev–Trinajstić information content (AvgIpc) is 3.01. The van der Waals surface area contributed by atoms with Crippen LogP contribution in [0, 0.1) is 5.82 Å². The van der Waals surface area contributed by atoms with E-state index >= 15 is 0 Å². The van der Waals surface area contributed by atoms with Crippen LogP contribution >= 0.6 is 11.6 Å². The zero-order chi connectivity index (χ0) is 29.1. The Morgan fingerprint density at radius 2 is 1.67 bits per heavy atom. The normalized spacial score (nSPS) is 14.1. The van der Waals surface area contributed by atoms with Crippen molar-refractivity contribution in [2.45, 2.75) is 30.8 Å². The molecule has 6 rings (SSSR count). The molecule has 1 saturated heterocycles. The largest absolute Gasteiger partial charge is 0.487 e. The second-order valence-electron chi connectivity index (χ2n) is 10.1. The summed E-state index contributed by atoms with van der Waals surface area (Å²) in [4.78, 5) is 9.16. The van der Waals surface area contributed by atoms with Crippen molar-refractivity contribution in [1.82, 2.24) is 14.3 Å². The van der Waals surface area contributed by atoms with Crippen LogP contribution in [-0.4, -0.2) is 35.8 Å². The summed E-state index contributed by atoms with van der Waals surface area (Å²) in [6.07, 6.45) is 4.35. The molecule has 0 spiro atoms. The standard InChI is InChI=1S/C32H28ClFN4O3S/c33-29-19-26(10-14-31(29)41-20-22-5-4-6-25(34)17-22)37-32-28-18-24(9-13-30(28)35-21-36-32)23-7-11-27(12-8-23)42(39,40)38-15-2-1-3-16-38/h4-14,17-19,21H,1-3,15-16,20H2,(H,35,36,37). The highest BCUT2D eigenvalue weighted by atomic mass is 35.5. The molecule has 10 heteroatoms. The van der Waals surface area contributed by atoms with Crippen LogP contribution in [0.3, 0.4) is 0 Å². The van der Waals surface area contributed by atoms with Gasteiger partial charge in [-0.15, -0.1) is 0 Å². The van der Waals surface area contributed by atoms with Crippen LogP contribution in [0.2, 0.25) is 5.02 Å². The highest BCUT2D eigenvalue weighted by Gasteiger charge is 2.25. The fraction of sp³-hybridized carbons (Fsp3) is 0.188. The first-order chi connectivity index (χ1) is 20.4. The smallest absolute Gasteiger partial charge is 0.243 e. The van der Waals surface area contributed by atoms with E-state index in [4.69, 9.17) is 16.3 Å². The van der Waals surface area contributed by atoms with Crippen molar-refractivity contribution >= 4 is 44.0 Å². The Bertz CT molecular complexity index is 1850. The Labute approximate surface area is 249 Å². The lowest BCUT2D eigenvalue weighted by Crippen LogP contribution is -2.35. The number of aromatic nitrogens is 2. The third kappa shape index (κ3) is 6.09. The number of rotatable bonds is 8. The highest BCUT2D eigenvalue weighted by molar-refractivity contribution is 7.89. The molecule has 2 heterocycles. The predicted octanol–water partition coefficient (Wildman–Crippen LogP) is 7.59. The maximum Gasteiger partial charge on any atom is 0.243 e. The highest BCUT2D eigenvalue weighted by Crippen LogP contribution is 2.33. The third-order valence-electron chi connectivity index (χ3n) is 7.25. The molecule has 0 unspecified atom stereocenters. The fourth-order valence-corrected chi connectivity index (χ4v) is 6.78. The summed E-state index contributed by atoms with van der Waals surface area (Å²) in [6.45, 7) is 1.33. The fourth-order valence-electron chi connectivity index (χ4n) is 5.03. The molecule has 1 N–H and O–H groups in total. The summed E-state index contributed by atoms with van der Waals surface area (Å²) < 4.78 is 46.9. The Kier molecular flexibility index (Phi) is 8.06. The maximum atomic E-state index is 13.5. The van der Waals surface area contributed by atoms with Gasteiger partial charge in [0.2, 0.25) is 10.0 Å². The monoisotopic (exact) mass is 602 g/mol. The SMILES string of the molecule is O=S(=O)(c1ccc(-c2ccc3ncnc(Nc4ccc(OCc5cccc(F)c5)c(Cl)c4)c3c2)cc1)N1CCCCC1. The summed E-state index contributed by atoms with van der Waals surface area (Å²) >= 11 is 6.49. The molecule has 0 radical (unpaired) electrons. The van der Waals surface area contributed by atoms with Gasteiger partial charge in [-0.25, -0.2) is 22.8 Å². The van der Waals surface area contributed by atoms with Gasteiger partial charge in [-0.05, 0) is 84.1 Å². The van der Waals surface area contributed by atoms with E-state index in [0.29, 0.717) is 45.8 Å². The quantitative estimate of drug-likeness (QED) is 0.197. The second kappa shape index (κ2) is 12.1.